The molecule has 0 aliphatic rings. The Hall–Kier alpha value is -1.39. The monoisotopic (exact) mass is 243 g/mol. The molecule has 0 atom stereocenters. The fourth-order valence-electron chi connectivity index (χ4n) is 0.757. The second kappa shape index (κ2) is 4.02. The third-order valence-electron chi connectivity index (χ3n) is 1.30. The van der Waals surface area contributed by atoms with Crippen molar-refractivity contribution in [1.82, 2.24) is 0 Å². The average molecular weight is 244 g/mol. The van der Waals surface area contributed by atoms with Crippen LogP contribution in [0.5, 0.6) is 0 Å². The summed E-state index contributed by atoms with van der Waals surface area (Å²) in [6.45, 7) is 0. The summed E-state index contributed by atoms with van der Waals surface area (Å²) in [7, 11) is 0. The molecule has 1 rings (SSSR count). The van der Waals surface area contributed by atoms with Gasteiger partial charge in [0.05, 0.1) is 5.56 Å². The number of hydrogen-bond donors (Lipinski definition) is 0. The van der Waals surface area contributed by atoms with E-state index in [1.54, 1.807) is 0 Å². The Balaban J connectivity index is 3.16. The van der Waals surface area contributed by atoms with Crippen molar-refractivity contribution < 1.29 is 9.18 Å². The van der Waals surface area contributed by atoms with Gasteiger partial charge in [-0.15, -0.1) is 0 Å². The molecule has 0 aliphatic heterocycles. The van der Waals surface area contributed by atoms with E-state index in [0.717, 1.165) is 6.07 Å². The Kier molecular flexibility index (Phi) is 3.00. The predicted octanol–water partition coefficient (Wildman–Crippen LogP) is 3.04. The van der Waals surface area contributed by atoms with E-state index in [4.69, 9.17) is 5.53 Å². The van der Waals surface area contributed by atoms with Crippen LogP contribution in [-0.2, 0) is 0 Å². The molecule has 0 saturated heterocycles. The number of nitrogens with zero attached hydrogens (tertiary/aromatic N) is 3. The van der Waals surface area contributed by atoms with Gasteiger partial charge in [-0.2, -0.15) is 0 Å². The van der Waals surface area contributed by atoms with E-state index in [-0.39, 0.29) is 5.56 Å². The van der Waals surface area contributed by atoms with Gasteiger partial charge < -0.3 is 0 Å². The molecule has 0 spiro atoms. The molecule has 66 valence electrons. The maximum atomic E-state index is 13.0. The third kappa shape index (κ3) is 2.27. The van der Waals surface area contributed by atoms with Crippen molar-refractivity contribution in [3.8, 4) is 0 Å². The molecule has 0 N–H and O–H groups in total. The fraction of sp³-hybridized carbons (Fsp3) is 0. The third-order valence-corrected chi connectivity index (χ3v) is 1.79. The Morgan fingerprint density at radius 1 is 1.62 bits per heavy atom. The summed E-state index contributed by atoms with van der Waals surface area (Å²) in [6, 6.07) is 3.86. The first kappa shape index (κ1) is 9.70. The van der Waals surface area contributed by atoms with Gasteiger partial charge in [0.1, 0.15) is 5.82 Å². The number of hydrogen-bond acceptors (Lipinski definition) is 1. The summed E-state index contributed by atoms with van der Waals surface area (Å²) in [4.78, 5) is 13.2. The van der Waals surface area contributed by atoms with E-state index in [1.807, 2.05) is 0 Å². The van der Waals surface area contributed by atoms with Gasteiger partial charge in [-0.25, -0.2) is 4.39 Å². The SMILES string of the molecule is [N-]=[N+]=NC(=O)c1ccc(Br)cc1F. The number of carbonyl (C=O) groups excluding carboxylic acids is 1. The van der Waals surface area contributed by atoms with Crippen LogP contribution in [0.25, 0.3) is 10.4 Å². The molecule has 0 saturated carbocycles. The lowest BCUT2D eigenvalue weighted by Crippen LogP contribution is -1.97. The summed E-state index contributed by atoms with van der Waals surface area (Å²) >= 11 is 3.03. The van der Waals surface area contributed by atoms with Crippen LogP contribution < -0.4 is 0 Å². The number of amides is 1. The molecule has 0 heterocycles. The molecule has 1 aromatic rings. The Morgan fingerprint density at radius 3 is 2.85 bits per heavy atom. The topological polar surface area (TPSA) is 65.8 Å². The number of azide groups is 1. The Bertz CT molecular complexity index is 401. The molecule has 0 radical (unpaired) electrons. The highest BCUT2D eigenvalue weighted by Gasteiger charge is 2.09. The van der Waals surface area contributed by atoms with Crippen molar-refractivity contribution in [2.24, 2.45) is 5.11 Å². The quantitative estimate of drug-likeness (QED) is 0.425. The molecule has 1 amide bonds. The molecule has 1 aromatic carbocycles. The van der Waals surface area contributed by atoms with Crippen LogP contribution in [-0.4, -0.2) is 5.91 Å². The lowest BCUT2D eigenvalue weighted by atomic mass is 10.2. The highest BCUT2D eigenvalue weighted by molar-refractivity contribution is 9.10. The molecule has 0 aromatic heterocycles. The summed E-state index contributed by atoms with van der Waals surface area (Å²) in [5.41, 5.74) is 7.71. The normalized spacial score (nSPS) is 9.08. The summed E-state index contributed by atoms with van der Waals surface area (Å²) < 4.78 is 13.5. The first-order chi connectivity index (χ1) is 6.15. The van der Waals surface area contributed by atoms with Crippen LogP contribution in [0.2, 0.25) is 0 Å². The standard InChI is InChI=1S/C7H3BrFN3O/c8-4-1-2-5(6(9)3-4)7(13)11-12-10/h1-3H. The van der Waals surface area contributed by atoms with Crippen molar-refractivity contribution in [3.63, 3.8) is 0 Å². The van der Waals surface area contributed by atoms with Crippen LogP contribution in [0.4, 0.5) is 4.39 Å². The second-order valence-electron chi connectivity index (χ2n) is 2.12. The van der Waals surface area contributed by atoms with Gasteiger partial charge in [-0.1, -0.05) is 15.9 Å². The molecular weight excluding hydrogens is 241 g/mol. The zero-order valence-corrected chi connectivity index (χ0v) is 7.82. The first-order valence-electron chi connectivity index (χ1n) is 3.19. The maximum Gasteiger partial charge on any atom is 0.252 e. The van der Waals surface area contributed by atoms with Gasteiger partial charge >= 0.3 is 0 Å². The van der Waals surface area contributed by atoms with Gasteiger partial charge in [0.15, 0.2) is 0 Å². The minimum Gasteiger partial charge on any atom is -0.287 e. The average Bonchev–Trinajstić information content (AvgIpc) is 2.04. The number of rotatable bonds is 1. The minimum atomic E-state index is -0.924. The van der Waals surface area contributed by atoms with Gasteiger partial charge in [-0.3, -0.25) is 4.79 Å². The Labute approximate surface area is 81.1 Å². The molecule has 0 aliphatic carbocycles. The molecule has 4 nitrogen and oxygen atoms in total. The molecule has 0 bridgehead atoms. The predicted molar refractivity (Wildman–Crippen MR) is 47.6 cm³/mol. The van der Waals surface area contributed by atoms with E-state index in [2.05, 4.69) is 26.0 Å². The van der Waals surface area contributed by atoms with Crippen molar-refractivity contribution in [2.75, 3.05) is 0 Å². The second-order valence-corrected chi connectivity index (χ2v) is 3.03. The molecule has 13 heavy (non-hydrogen) atoms. The first-order valence-corrected chi connectivity index (χ1v) is 3.99. The maximum absolute atomic E-state index is 13.0. The molecular formula is C7H3BrFN3O. The zero-order chi connectivity index (χ0) is 9.84. The highest BCUT2D eigenvalue weighted by Crippen LogP contribution is 2.15. The number of halogens is 2. The van der Waals surface area contributed by atoms with Crippen LogP contribution in [0.15, 0.2) is 27.8 Å². The zero-order valence-electron chi connectivity index (χ0n) is 6.24. The van der Waals surface area contributed by atoms with E-state index >= 15 is 0 Å². The summed E-state index contributed by atoms with van der Waals surface area (Å²) in [5, 5.41) is 2.77. The fourth-order valence-corrected chi connectivity index (χ4v) is 1.09. The molecule has 6 heteroatoms. The van der Waals surface area contributed by atoms with Crippen LogP contribution >= 0.6 is 15.9 Å². The van der Waals surface area contributed by atoms with Crippen LogP contribution in [0.3, 0.4) is 0 Å². The van der Waals surface area contributed by atoms with E-state index in [9.17, 15) is 9.18 Å². The smallest absolute Gasteiger partial charge is 0.252 e. The largest absolute Gasteiger partial charge is 0.287 e. The van der Waals surface area contributed by atoms with Gasteiger partial charge in [0.25, 0.3) is 5.91 Å². The van der Waals surface area contributed by atoms with Gasteiger partial charge in [0.2, 0.25) is 0 Å². The van der Waals surface area contributed by atoms with E-state index < -0.39 is 11.7 Å². The highest BCUT2D eigenvalue weighted by atomic mass is 79.9. The van der Waals surface area contributed by atoms with Crippen LogP contribution in [0, 0.1) is 5.82 Å². The van der Waals surface area contributed by atoms with Gasteiger partial charge in [0, 0.05) is 9.38 Å². The summed E-state index contributed by atoms with van der Waals surface area (Å²) in [6.07, 6.45) is 0. The van der Waals surface area contributed by atoms with E-state index in [1.165, 1.54) is 12.1 Å². The summed E-state index contributed by atoms with van der Waals surface area (Å²) in [5.74, 6) is -1.64. The number of benzene rings is 1. The number of carbonyl (C=O) groups is 1. The van der Waals surface area contributed by atoms with Crippen molar-refractivity contribution in [3.05, 3.63) is 44.5 Å². The lowest BCUT2D eigenvalue weighted by Gasteiger charge is -1.97. The Morgan fingerprint density at radius 2 is 2.31 bits per heavy atom. The van der Waals surface area contributed by atoms with Crippen molar-refractivity contribution in [1.29, 1.82) is 0 Å². The van der Waals surface area contributed by atoms with Crippen LogP contribution in [0.1, 0.15) is 10.4 Å². The van der Waals surface area contributed by atoms with E-state index in [0.29, 0.717) is 4.47 Å². The molecule has 0 unspecified atom stereocenters. The lowest BCUT2D eigenvalue weighted by molar-refractivity contribution is 0.0996. The molecule has 0 fully saturated rings. The van der Waals surface area contributed by atoms with Crippen molar-refractivity contribution >= 4 is 21.8 Å². The van der Waals surface area contributed by atoms with Gasteiger partial charge in [-0.05, 0) is 28.8 Å². The van der Waals surface area contributed by atoms with Crippen molar-refractivity contribution in [2.45, 2.75) is 0 Å². The minimum absolute atomic E-state index is 0.235.